The fourth-order valence-corrected chi connectivity index (χ4v) is 3.12. The number of carbonyl (C=O) groups excluding carboxylic acids is 1. The molecule has 0 aliphatic rings. The van der Waals surface area contributed by atoms with Gasteiger partial charge in [0.25, 0.3) is 5.91 Å². The van der Waals surface area contributed by atoms with Crippen LogP contribution in [-0.4, -0.2) is 30.3 Å². The van der Waals surface area contributed by atoms with Crippen molar-refractivity contribution in [2.45, 2.75) is 12.5 Å². The van der Waals surface area contributed by atoms with Crippen molar-refractivity contribution in [3.05, 3.63) is 84.1 Å². The minimum Gasteiger partial charge on any atom is -0.497 e. The molecule has 1 atom stereocenters. The van der Waals surface area contributed by atoms with Crippen molar-refractivity contribution in [1.82, 2.24) is 15.5 Å². The van der Waals surface area contributed by atoms with Crippen LogP contribution in [0.15, 0.2) is 75.9 Å². The van der Waals surface area contributed by atoms with E-state index in [9.17, 15) is 4.79 Å². The number of nitrogens with one attached hydrogen (secondary N) is 1. The molecule has 1 N–H and O–H groups in total. The third-order valence-electron chi connectivity index (χ3n) is 4.68. The quantitative estimate of drug-likeness (QED) is 0.460. The number of ether oxygens (including phenoxy) is 2. The third-order valence-corrected chi connectivity index (χ3v) is 4.68. The molecular formula is C23H21N3O5. The SMILES string of the molecule is COc1cc(OC)cc(-c2noc(C(Cc3ccccc3)NC(=O)c3ccco3)n2)c1. The number of methoxy groups -OCH3 is 2. The zero-order valence-electron chi connectivity index (χ0n) is 17.1. The zero-order chi connectivity index (χ0) is 21.6. The molecule has 1 amide bonds. The first-order chi connectivity index (χ1) is 15.2. The van der Waals surface area contributed by atoms with Gasteiger partial charge in [0.2, 0.25) is 11.7 Å². The third kappa shape index (κ3) is 4.75. The van der Waals surface area contributed by atoms with Gasteiger partial charge in [-0.2, -0.15) is 4.98 Å². The van der Waals surface area contributed by atoms with Crippen molar-refractivity contribution in [2.24, 2.45) is 0 Å². The molecule has 0 saturated heterocycles. The molecule has 2 aromatic carbocycles. The summed E-state index contributed by atoms with van der Waals surface area (Å²) in [5.74, 6) is 1.68. The minimum absolute atomic E-state index is 0.204. The molecule has 2 aromatic heterocycles. The highest BCUT2D eigenvalue weighted by molar-refractivity contribution is 5.91. The fraction of sp³-hybridized carbons (Fsp3) is 0.174. The molecule has 1 unspecified atom stereocenters. The number of hydrogen-bond acceptors (Lipinski definition) is 7. The monoisotopic (exact) mass is 419 g/mol. The summed E-state index contributed by atoms with van der Waals surface area (Å²) in [6.45, 7) is 0. The minimum atomic E-state index is -0.547. The number of furan rings is 1. The highest BCUT2D eigenvalue weighted by atomic mass is 16.5. The predicted molar refractivity (Wildman–Crippen MR) is 112 cm³/mol. The summed E-state index contributed by atoms with van der Waals surface area (Å²) in [6, 6.07) is 17.8. The Balaban J connectivity index is 1.64. The van der Waals surface area contributed by atoms with E-state index in [-0.39, 0.29) is 17.6 Å². The lowest BCUT2D eigenvalue weighted by atomic mass is 10.1. The largest absolute Gasteiger partial charge is 0.497 e. The summed E-state index contributed by atoms with van der Waals surface area (Å²) in [4.78, 5) is 17.1. The predicted octanol–water partition coefficient (Wildman–Crippen LogP) is 4.06. The van der Waals surface area contributed by atoms with E-state index in [4.69, 9.17) is 18.4 Å². The second kappa shape index (κ2) is 9.17. The van der Waals surface area contributed by atoms with E-state index in [1.807, 2.05) is 30.3 Å². The Morgan fingerprint density at radius 1 is 1.03 bits per heavy atom. The van der Waals surface area contributed by atoms with Crippen LogP contribution in [0.1, 0.15) is 28.1 Å². The van der Waals surface area contributed by atoms with Crippen LogP contribution >= 0.6 is 0 Å². The molecule has 0 spiro atoms. The first kappa shape index (κ1) is 20.2. The first-order valence-corrected chi connectivity index (χ1v) is 9.61. The Kier molecular flexibility index (Phi) is 5.98. The molecule has 0 radical (unpaired) electrons. The molecule has 31 heavy (non-hydrogen) atoms. The van der Waals surface area contributed by atoms with E-state index in [1.165, 1.54) is 6.26 Å². The second-order valence-corrected chi connectivity index (χ2v) is 6.75. The number of benzene rings is 2. The summed E-state index contributed by atoms with van der Waals surface area (Å²) >= 11 is 0. The summed E-state index contributed by atoms with van der Waals surface area (Å²) < 4.78 is 21.4. The lowest BCUT2D eigenvalue weighted by Crippen LogP contribution is -2.30. The van der Waals surface area contributed by atoms with Crippen LogP contribution in [0.5, 0.6) is 11.5 Å². The van der Waals surface area contributed by atoms with Gasteiger partial charge in [-0.05, 0) is 29.8 Å². The van der Waals surface area contributed by atoms with E-state index >= 15 is 0 Å². The Morgan fingerprint density at radius 3 is 2.42 bits per heavy atom. The average molecular weight is 419 g/mol. The fourth-order valence-electron chi connectivity index (χ4n) is 3.12. The maximum Gasteiger partial charge on any atom is 0.287 e. The summed E-state index contributed by atoms with van der Waals surface area (Å²) in [7, 11) is 3.14. The summed E-state index contributed by atoms with van der Waals surface area (Å²) in [6.07, 6.45) is 1.92. The normalized spacial score (nSPS) is 11.7. The van der Waals surface area contributed by atoms with Crippen molar-refractivity contribution in [2.75, 3.05) is 14.2 Å². The van der Waals surface area contributed by atoms with Gasteiger partial charge in [0.15, 0.2) is 5.76 Å². The number of amides is 1. The molecule has 0 bridgehead atoms. The molecule has 0 saturated carbocycles. The van der Waals surface area contributed by atoms with E-state index < -0.39 is 6.04 Å². The van der Waals surface area contributed by atoms with E-state index in [2.05, 4.69) is 15.5 Å². The number of nitrogens with zero attached hydrogens (tertiary/aromatic N) is 2. The second-order valence-electron chi connectivity index (χ2n) is 6.75. The highest BCUT2D eigenvalue weighted by Gasteiger charge is 2.24. The van der Waals surface area contributed by atoms with Crippen LogP contribution in [0, 0.1) is 0 Å². The molecule has 158 valence electrons. The lowest BCUT2D eigenvalue weighted by Gasteiger charge is -2.14. The van der Waals surface area contributed by atoms with Crippen LogP contribution < -0.4 is 14.8 Å². The van der Waals surface area contributed by atoms with E-state index in [0.717, 1.165) is 5.56 Å². The van der Waals surface area contributed by atoms with E-state index in [0.29, 0.717) is 29.3 Å². The van der Waals surface area contributed by atoms with Gasteiger partial charge in [-0.3, -0.25) is 4.79 Å². The van der Waals surface area contributed by atoms with Gasteiger partial charge < -0.3 is 23.7 Å². The molecule has 2 heterocycles. The van der Waals surface area contributed by atoms with Crippen molar-refractivity contribution in [3.63, 3.8) is 0 Å². The average Bonchev–Trinajstić information content (AvgIpc) is 3.51. The number of rotatable bonds is 8. The smallest absolute Gasteiger partial charge is 0.287 e. The summed E-state index contributed by atoms with van der Waals surface area (Å²) in [5, 5.41) is 7.01. The molecule has 8 heteroatoms. The zero-order valence-corrected chi connectivity index (χ0v) is 17.1. The molecule has 4 rings (SSSR count). The van der Waals surface area contributed by atoms with Crippen LogP contribution in [0.2, 0.25) is 0 Å². The van der Waals surface area contributed by atoms with Gasteiger partial charge in [0, 0.05) is 18.1 Å². The van der Waals surface area contributed by atoms with Crippen molar-refractivity contribution in [1.29, 1.82) is 0 Å². The van der Waals surface area contributed by atoms with Gasteiger partial charge >= 0.3 is 0 Å². The molecular weight excluding hydrogens is 398 g/mol. The Morgan fingerprint density at radius 2 is 1.77 bits per heavy atom. The molecule has 0 fully saturated rings. The van der Waals surface area contributed by atoms with Crippen LogP contribution in [-0.2, 0) is 6.42 Å². The van der Waals surface area contributed by atoms with Crippen molar-refractivity contribution >= 4 is 5.91 Å². The van der Waals surface area contributed by atoms with Gasteiger partial charge in [0.05, 0.1) is 20.5 Å². The molecule has 0 aliphatic heterocycles. The number of hydrogen-bond donors (Lipinski definition) is 1. The van der Waals surface area contributed by atoms with Crippen molar-refractivity contribution in [3.8, 4) is 22.9 Å². The summed E-state index contributed by atoms with van der Waals surface area (Å²) in [5.41, 5.74) is 1.68. The van der Waals surface area contributed by atoms with Gasteiger partial charge in [-0.1, -0.05) is 35.5 Å². The van der Waals surface area contributed by atoms with E-state index in [1.54, 1.807) is 44.6 Å². The topological polar surface area (TPSA) is 99.6 Å². The van der Waals surface area contributed by atoms with Crippen molar-refractivity contribution < 1.29 is 23.2 Å². The van der Waals surface area contributed by atoms with Gasteiger partial charge in [0.1, 0.15) is 17.5 Å². The number of carbonyl (C=O) groups is 1. The molecule has 8 nitrogen and oxygen atoms in total. The highest BCUT2D eigenvalue weighted by Crippen LogP contribution is 2.29. The molecule has 4 aromatic rings. The number of aromatic nitrogens is 2. The maximum atomic E-state index is 12.6. The Bertz CT molecular complexity index is 1120. The van der Waals surface area contributed by atoms with Crippen LogP contribution in [0.25, 0.3) is 11.4 Å². The standard InChI is InChI=1S/C23H21N3O5/c1-28-17-12-16(13-18(14-17)29-2)21-25-23(31-26-21)19(11-15-7-4-3-5-8-15)24-22(27)20-9-6-10-30-20/h3-10,12-14,19H,11H2,1-2H3,(H,24,27). The maximum absolute atomic E-state index is 12.6. The van der Waals surface area contributed by atoms with Crippen LogP contribution in [0.4, 0.5) is 0 Å². The first-order valence-electron chi connectivity index (χ1n) is 9.61. The Hall–Kier alpha value is -4.07. The lowest BCUT2D eigenvalue weighted by molar-refractivity contribution is 0.0900. The molecule has 0 aliphatic carbocycles. The van der Waals surface area contributed by atoms with Gasteiger partial charge in [-0.25, -0.2) is 0 Å². The Labute approximate surface area is 178 Å². The van der Waals surface area contributed by atoms with Gasteiger partial charge in [-0.15, -0.1) is 0 Å². The van der Waals surface area contributed by atoms with Crippen LogP contribution in [0.3, 0.4) is 0 Å².